The Morgan fingerprint density at radius 2 is 1.53 bits per heavy atom. The quantitative estimate of drug-likeness (QED) is 0.483. The highest BCUT2D eigenvalue weighted by atomic mass is 16.5. The molecule has 7 heteroatoms. The number of nitrogens with zero attached hydrogens (tertiary/aromatic N) is 1. The molecule has 0 aromatic heterocycles. The summed E-state index contributed by atoms with van der Waals surface area (Å²) < 4.78 is 10.9. The zero-order chi connectivity index (χ0) is 24.2. The number of hydrogen-bond acceptors (Lipinski definition) is 7. The van der Waals surface area contributed by atoms with Gasteiger partial charge >= 0.3 is 11.9 Å². The van der Waals surface area contributed by atoms with Gasteiger partial charge in [0.1, 0.15) is 5.92 Å². The number of Topliss-reactive ketones (excluding diaryl/α,β-unsaturated/α-hetero) is 1. The Morgan fingerprint density at radius 3 is 2.00 bits per heavy atom. The van der Waals surface area contributed by atoms with Crippen LogP contribution in [-0.2, 0) is 23.9 Å². The van der Waals surface area contributed by atoms with E-state index in [9.17, 15) is 19.5 Å². The lowest BCUT2D eigenvalue weighted by atomic mass is 9.61. The van der Waals surface area contributed by atoms with Crippen molar-refractivity contribution in [1.29, 1.82) is 0 Å². The van der Waals surface area contributed by atoms with Gasteiger partial charge in [0.25, 0.3) is 0 Å². The molecule has 0 radical (unpaired) electrons. The van der Waals surface area contributed by atoms with E-state index in [1.807, 2.05) is 58.8 Å². The van der Waals surface area contributed by atoms with Gasteiger partial charge in [0.15, 0.2) is 5.78 Å². The molecule has 4 atom stereocenters. The Labute approximate surface area is 191 Å². The lowest BCUT2D eigenvalue weighted by Gasteiger charge is -2.43. The average Bonchev–Trinajstić information content (AvgIpc) is 2.69. The van der Waals surface area contributed by atoms with E-state index in [0.717, 1.165) is 5.69 Å². The maximum atomic E-state index is 13.2. The third-order valence-corrected chi connectivity index (χ3v) is 5.69. The molecule has 1 aromatic carbocycles. The maximum Gasteiger partial charge on any atom is 0.317 e. The lowest BCUT2D eigenvalue weighted by Crippen LogP contribution is -2.55. The number of rotatable bonds is 8. The fraction of sp³-hybridized carbons (Fsp3) is 0.640. The van der Waals surface area contributed by atoms with Crippen LogP contribution in [0.5, 0.6) is 0 Å². The molecular formula is C25H37NO6. The van der Waals surface area contributed by atoms with Crippen LogP contribution in [-0.4, -0.2) is 55.7 Å². The highest BCUT2D eigenvalue weighted by Crippen LogP contribution is 2.47. The van der Waals surface area contributed by atoms with Crippen molar-refractivity contribution >= 4 is 23.4 Å². The predicted molar refractivity (Wildman–Crippen MR) is 122 cm³/mol. The molecule has 0 spiro atoms. The van der Waals surface area contributed by atoms with E-state index in [0.29, 0.717) is 5.56 Å². The van der Waals surface area contributed by atoms with Crippen molar-refractivity contribution < 1.29 is 29.0 Å². The van der Waals surface area contributed by atoms with Gasteiger partial charge in [0, 0.05) is 32.1 Å². The molecule has 1 N–H and O–H groups in total. The van der Waals surface area contributed by atoms with Crippen LogP contribution in [0, 0.1) is 23.7 Å². The van der Waals surface area contributed by atoms with Gasteiger partial charge in [0.2, 0.25) is 0 Å². The fourth-order valence-electron chi connectivity index (χ4n) is 4.09. The van der Waals surface area contributed by atoms with E-state index in [1.54, 1.807) is 12.1 Å². The molecule has 1 fully saturated rings. The number of ketones is 1. The SMILES string of the molecule is CC(C)COC(=O)[C@@H]1C(=O)C[C@](C)(O)[C@H](C(=O)OCC(C)C)[C@H]1c1ccc(N(C)C)cc1. The van der Waals surface area contributed by atoms with Crippen molar-refractivity contribution in [3.05, 3.63) is 29.8 Å². The van der Waals surface area contributed by atoms with Crippen molar-refractivity contribution in [2.45, 2.75) is 52.6 Å². The van der Waals surface area contributed by atoms with Crippen LogP contribution in [0.4, 0.5) is 5.69 Å². The van der Waals surface area contributed by atoms with Gasteiger partial charge in [0.05, 0.1) is 24.7 Å². The van der Waals surface area contributed by atoms with Gasteiger partial charge in [-0.05, 0) is 36.5 Å². The monoisotopic (exact) mass is 447 g/mol. The van der Waals surface area contributed by atoms with Crippen LogP contribution < -0.4 is 4.90 Å². The third-order valence-electron chi connectivity index (χ3n) is 5.69. The van der Waals surface area contributed by atoms with Crippen molar-refractivity contribution in [1.82, 2.24) is 0 Å². The molecule has 0 unspecified atom stereocenters. The highest BCUT2D eigenvalue weighted by molar-refractivity contribution is 6.02. The van der Waals surface area contributed by atoms with Gasteiger partial charge in [-0.2, -0.15) is 0 Å². The zero-order valence-electron chi connectivity index (χ0n) is 20.3. The van der Waals surface area contributed by atoms with Crippen LogP contribution in [0.3, 0.4) is 0 Å². The van der Waals surface area contributed by atoms with E-state index >= 15 is 0 Å². The Bertz CT molecular complexity index is 812. The Morgan fingerprint density at radius 1 is 1.03 bits per heavy atom. The first-order valence-electron chi connectivity index (χ1n) is 11.2. The molecule has 178 valence electrons. The summed E-state index contributed by atoms with van der Waals surface area (Å²) in [6.07, 6.45) is -0.317. The molecule has 0 aliphatic heterocycles. The number of hydrogen-bond donors (Lipinski definition) is 1. The van der Waals surface area contributed by atoms with Crippen molar-refractivity contribution in [3.8, 4) is 0 Å². The van der Waals surface area contributed by atoms with Crippen LogP contribution >= 0.6 is 0 Å². The first-order valence-corrected chi connectivity index (χ1v) is 11.2. The van der Waals surface area contributed by atoms with E-state index in [1.165, 1.54) is 6.92 Å². The minimum absolute atomic E-state index is 0.102. The van der Waals surface area contributed by atoms with Crippen LogP contribution in [0.1, 0.15) is 52.5 Å². The van der Waals surface area contributed by atoms with Crippen LogP contribution in [0.2, 0.25) is 0 Å². The molecule has 7 nitrogen and oxygen atoms in total. The average molecular weight is 448 g/mol. The molecule has 1 aliphatic rings. The molecule has 1 aliphatic carbocycles. The van der Waals surface area contributed by atoms with Crippen molar-refractivity contribution in [2.24, 2.45) is 23.7 Å². The van der Waals surface area contributed by atoms with Crippen LogP contribution in [0.15, 0.2) is 24.3 Å². The first kappa shape index (κ1) is 25.8. The molecule has 0 heterocycles. The predicted octanol–water partition coefficient (Wildman–Crippen LogP) is 3.19. The highest BCUT2D eigenvalue weighted by Gasteiger charge is 2.57. The first-order chi connectivity index (χ1) is 14.8. The van der Waals surface area contributed by atoms with Crippen molar-refractivity contribution in [3.63, 3.8) is 0 Å². The van der Waals surface area contributed by atoms with Gasteiger partial charge < -0.3 is 19.5 Å². The van der Waals surface area contributed by atoms with E-state index in [4.69, 9.17) is 9.47 Å². The van der Waals surface area contributed by atoms with Gasteiger partial charge in [-0.3, -0.25) is 14.4 Å². The summed E-state index contributed by atoms with van der Waals surface area (Å²) in [6, 6.07) is 7.30. The zero-order valence-corrected chi connectivity index (χ0v) is 20.3. The third kappa shape index (κ3) is 6.09. The summed E-state index contributed by atoms with van der Waals surface area (Å²) in [7, 11) is 3.81. The Hall–Kier alpha value is -2.41. The second kappa shape index (κ2) is 10.5. The summed E-state index contributed by atoms with van der Waals surface area (Å²) in [5.41, 5.74) is -0.104. The minimum Gasteiger partial charge on any atom is -0.465 e. The van der Waals surface area contributed by atoms with Crippen LogP contribution in [0.25, 0.3) is 0 Å². The van der Waals surface area contributed by atoms with E-state index in [2.05, 4.69) is 0 Å². The second-order valence-corrected chi connectivity index (χ2v) is 10.0. The molecule has 1 saturated carbocycles. The standard InChI is InChI=1S/C25H37NO6/c1-15(2)13-31-23(28)21-19(27)12-25(5,30)22(24(29)32-14-16(3)4)20(21)17-8-10-18(11-9-17)26(6)7/h8-11,15-16,20-22,30H,12-14H2,1-7H3/t20-,21+,22-,25-/m0/s1. The number of benzene rings is 1. The normalized spacial score (nSPS) is 25.7. The molecule has 0 amide bonds. The number of carbonyl (C=O) groups excluding carboxylic acids is 3. The summed E-state index contributed by atoms with van der Waals surface area (Å²) >= 11 is 0. The molecular weight excluding hydrogens is 410 g/mol. The minimum atomic E-state index is -1.65. The number of carbonyl (C=O) groups is 3. The number of anilines is 1. The summed E-state index contributed by atoms with van der Waals surface area (Å²) in [5.74, 6) is -4.65. The van der Waals surface area contributed by atoms with Gasteiger partial charge in [-0.15, -0.1) is 0 Å². The molecule has 0 bridgehead atoms. The summed E-state index contributed by atoms with van der Waals surface area (Å²) in [6.45, 7) is 9.47. The molecule has 1 aromatic rings. The number of ether oxygens (including phenoxy) is 2. The summed E-state index contributed by atoms with van der Waals surface area (Å²) in [4.78, 5) is 41.2. The van der Waals surface area contributed by atoms with Gasteiger partial charge in [-0.1, -0.05) is 39.8 Å². The fourth-order valence-corrected chi connectivity index (χ4v) is 4.09. The molecule has 32 heavy (non-hydrogen) atoms. The largest absolute Gasteiger partial charge is 0.465 e. The maximum absolute atomic E-state index is 13.2. The van der Waals surface area contributed by atoms with E-state index < -0.39 is 41.1 Å². The second-order valence-electron chi connectivity index (χ2n) is 10.0. The van der Waals surface area contributed by atoms with Crippen molar-refractivity contribution in [2.75, 3.05) is 32.2 Å². The number of aliphatic hydroxyl groups is 1. The number of esters is 2. The Kier molecular flexibility index (Phi) is 8.46. The topological polar surface area (TPSA) is 93.1 Å². The molecule has 2 rings (SSSR count). The Balaban J connectivity index is 2.54. The smallest absolute Gasteiger partial charge is 0.317 e. The summed E-state index contributed by atoms with van der Waals surface area (Å²) in [5, 5.41) is 11.2. The lowest BCUT2D eigenvalue weighted by molar-refractivity contribution is -0.173. The van der Waals surface area contributed by atoms with Gasteiger partial charge in [-0.25, -0.2) is 0 Å². The van der Waals surface area contributed by atoms with E-state index in [-0.39, 0.29) is 31.5 Å². The molecule has 0 saturated heterocycles.